The summed E-state index contributed by atoms with van der Waals surface area (Å²) in [6.07, 6.45) is 1.74. The second-order valence-corrected chi connectivity index (χ2v) is 7.06. The van der Waals surface area contributed by atoms with Crippen LogP contribution >= 0.6 is 0 Å². The van der Waals surface area contributed by atoms with Crippen LogP contribution in [0.25, 0.3) is 0 Å². The zero-order chi connectivity index (χ0) is 14.4. The predicted octanol–water partition coefficient (Wildman–Crippen LogP) is -0.731. The number of carbonyl (C=O) groups is 1. The highest BCUT2D eigenvalue weighted by molar-refractivity contribution is 7.89. The summed E-state index contributed by atoms with van der Waals surface area (Å²) in [4.78, 5) is 11.2. The Labute approximate surface area is 111 Å². The molecule has 1 saturated heterocycles. The van der Waals surface area contributed by atoms with E-state index in [9.17, 15) is 18.3 Å². The van der Waals surface area contributed by atoms with E-state index in [0.717, 1.165) is 0 Å². The highest BCUT2D eigenvalue weighted by Gasteiger charge is 2.39. The Hall–Kier alpha value is -1.38. The molecule has 1 aliphatic heterocycles. The fraction of sp³-hybridized carbons (Fsp3) is 0.545. The Morgan fingerprint density at radius 2 is 2.16 bits per heavy atom. The molecule has 3 N–H and O–H groups in total. The van der Waals surface area contributed by atoms with Crippen molar-refractivity contribution in [2.75, 3.05) is 13.1 Å². The molecular formula is C11H17N3O4S. The van der Waals surface area contributed by atoms with Gasteiger partial charge >= 0.3 is 0 Å². The smallest absolute Gasteiger partial charge is 0.265 e. The molecule has 106 valence electrons. The zero-order valence-electron chi connectivity index (χ0n) is 10.8. The average molecular weight is 287 g/mol. The molecule has 0 spiro atoms. The van der Waals surface area contributed by atoms with Crippen molar-refractivity contribution < 1.29 is 18.3 Å². The van der Waals surface area contributed by atoms with Crippen molar-refractivity contribution in [2.24, 2.45) is 12.8 Å². The topological polar surface area (TPSA) is 106 Å². The van der Waals surface area contributed by atoms with Gasteiger partial charge in [0.2, 0.25) is 10.0 Å². The number of nitrogens with zero attached hydrogens (tertiary/aromatic N) is 2. The minimum atomic E-state index is -3.70. The summed E-state index contributed by atoms with van der Waals surface area (Å²) in [5.74, 6) is -0.683. The van der Waals surface area contributed by atoms with Gasteiger partial charge in [-0.2, -0.15) is 4.31 Å². The van der Waals surface area contributed by atoms with Crippen LogP contribution in [0.15, 0.2) is 17.2 Å². The minimum absolute atomic E-state index is 0.0153. The van der Waals surface area contributed by atoms with Crippen molar-refractivity contribution in [3.63, 3.8) is 0 Å². The maximum Gasteiger partial charge on any atom is 0.265 e. The Balaban J connectivity index is 2.36. The maximum atomic E-state index is 12.4. The molecule has 7 nitrogen and oxygen atoms in total. The number of nitrogens with two attached hydrogens (primary N) is 1. The van der Waals surface area contributed by atoms with Crippen LogP contribution < -0.4 is 5.73 Å². The molecule has 0 aliphatic carbocycles. The summed E-state index contributed by atoms with van der Waals surface area (Å²) >= 11 is 0. The van der Waals surface area contributed by atoms with Gasteiger partial charge in [0.1, 0.15) is 10.6 Å². The number of amides is 1. The second-order valence-electron chi connectivity index (χ2n) is 5.12. The summed E-state index contributed by atoms with van der Waals surface area (Å²) < 4.78 is 27.3. The van der Waals surface area contributed by atoms with Gasteiger partial charge in [0, 0.05) is 26.3 Å². The number of primary amides is 1. The molecule has 2 rings (SSSR count). The fourth-order valence-corrected chi connectivity index (χ4v) is 3.81. The zero-order valence-corrected chi connectivity index (χ0v) is 11.6. The number of aryl methyl sites for hydroxylation is 1. The van der Waals surface area contributed by atoms with E-state index >= 15 is 0 Å². The number of hydrogen-bond acceptors (Lipinski definition) is 4. The summed E-state index contributed by atoms with van der Waals surface area (Å²) in [6.45, 7) is 1.91. The molecular weight excluding hydrogens is 270 g/mol. The van der Waals surface area contributed by atoms with E-state index in [0.29, 0.717) is 6.42 Å². The van der Waals surface area contributed by atoms with Gasteiger partial charge in [-0.15, -0.1) is 0 Å². The lowest BCUT2D eigenvalue weighted by atomic mass is 10.1. The van der Waals surface area contributed by atoms with Crippen molar-refractivity contribution in [1.29, 1.82) is 0 Å². The Bertz CT molecular complexity index is 618. The number of rotatable bonds is 3. The molecule has 0 aromatic carbocycles. The first-order chi connectivity index (χ1) is 8.63. The van der Waals surface area contributed by atoms with Gasteiger partial charge in [0.15, 0.2) is 0 Å². The summed E-state index contributed by atoms with van der Waals surface area (Å²) in [6, 6.07) is 1.25. The molecule has 1 aromatic heterocycles. The van der Waals surface area contributed by atoms with E-state index in [1.807, 2.05) is 0 Å². The third-order valence-corrected chi connectivity index (χ3v) is 5.10. The van der Waals surface area contributed by atoms with E-state index in [4.69, 9.17) is 5.73 Å². The highest BCUT2D eigenvalue weighted by Crippen LogP contribution is 2.27. The summed E-state index contributed by atoms with van der Waals surface area (Å²) in [5, 5.41) is 9.84. The monoisotopic (exact) mass is 287 g/mol. The van der Waals surface area contributed by atoms with Gasteiger partial charge < -0.3 is 15.4 Å². The molecule has 1 amide bonds. The lowest BCUT2D eigenvalue weighted by molar-refractivity contribution is 0.0762. The van der Waals surface area contributed by atoms with Crippen molar-refractivity contribution >= 4 is 15.9 Å². The molecule has 0 saturated carbocycles. The Kier molecular flexibility index (Phi) is 3.20. The predicted molar refractivity (Wildman–Crippen MR) is 67.9 cm³/mol. The van der Waals surface area contributed by atoms with Crippen LogP contribution in [0.2, 0.25) is 0 Å². The van der Waals surface area contributed by atoms with E-state index in [1.54, 1.807) is 14.0 Å². The van der Waals surface area contributed by atoms with Gasteiger partial charge in [0.25, 0.3) is 5.91 Å². The van der Waals surface area contributed by atoms with E-state index in [-0.39, 0.29) is 23.7 Å². The minimum Gasteiger partial charge on any atom is -0.389 e. The molecule has 19 heavy (non-hydrogen) atoms. The molecule has 1 fully saturated rings. The van der Waals surface area contributed by atoms with Gasteiger partial charge in [0.05, 0.1) is 5.60 Å². The quantitative estimate of drug-likeness (QED) is 0.764. The third kappa shape index (κ3) is 2.51. The third-order valence-electron chi connectivity index (χ3n) is 3.29. The largest absolute Gasteiger partial charge is 0.389 e. The van der Waals surface area contributed by atoms with Crippen LogP contribution in [0.3, 0.4) is 0 Å². The van der Waals surface area contributed by atoms with Gasteiger partial charge in [-0.05, 0) is 19.4 Å². The van der Waals surface area contributed by atoms with Crippen molar-refractivity contribution in [2.45, 2.75) is 23.8 Å². The number of β-amino-alcohol motifs (C(OH)–C–C–N with tert-alkyl or cyclic N) is 1. The molecule has 1 aliphatic rings. The number of aliphatic hydroxyl groups is 1. The summed E-state index contributed by atoms with van der Waals surface area (Å²) in [7, 11) is -2.15. The van der Waals surface area contributed by atoms with E-state index in [1.165, 1.54) is 21.1 Å². The van der Waals surface area contributed by atoms with Crippen molar-refractivity contribution in [3.05, 3.63) is 18.0 Å². The van der Waals surface area contributed by atoms with Crippen LogP contribution in [-0.4, -0.2) is 47.0 Å². The molecule has 0 radical (unpaired) electrons. The van der Waals surface area contributed by atoms with Crippen LogP contribution in [0.1, 0.15) is 23.8 Å². The van der Waals surface area contributed by atoms with Gasteiger partial charge in [-0.25, -0.2) is 8.42 Å². The number of carbonyl (C=O) groups excluding carboxylic acids is 1. The first-order valence-corrected chi connectivity index (χ1v) is 7.26. The normalized spacial score (nSPS) is 24.8. The van der Waals surface area contributed by atoms with Crippen LogP contribution in [0.4, 0.5) is 0 Å². The van der Waals surface area contributed by atoms with Gasteiger partial charge in [-0.3, -0.25) is 4.79 Å². The fourth-order valence-electron chi connectivity index (χ4n) is 2.18. The first-order valence-electron chi connectivity index (χ1n) is 5.82. The number of aromatic nitrogens is 1. The SMILES string of the molecule is Cn1cc(S(=O)(=O)N2CCC(C)(O)C2)cc1C(N)=O. The van der Waals surface area contributed by atoms with Gasteiger partial charge in [-0.1, -0.05) is 0 Å². The van der Waals surface area contributed by atoms with Crippen molar-refractivity contribution in [1.82, 2.24) is 8.87 Å². The van der Waals surface area contributed by atoms with Crippen molar-refractivity contribution in [3.8, 4) is 0 Å². The molecule has 1 unspecified atom stereocenters. The van der Waals surface area contributed by atoms with Crippen LogP contribution in [-0.2, 0) is 17.1 Å². The Morgan fingerprint density at radius 1 is 1.53 bits per heavy atom. The molecule has 2 heterocycles. The van der Waals surface area contributed by atoms with Crippen LogP contribution in [0.5, 0.6) is 0 Å². The standard InChI is InChI=1S/C11H17N3O4S/c1-11(16)3-4-14(7-11)19(17,18)8-5-9(10(12)15)13(2)6-8/h5-6,16H,3-4,7H2,1-2H3,(H2,12,15). The molecule has 0 bridgehead atoms. The van der Waals surface area contributed by atoms with E-state index in [2.05, 4.69) is 0 Å². The number of sulfonamides is 1. The van der Waals surface area contributed by atoms with E-state index < -0.39 is 21.5 Å². The second kappa shape index (κ2) is 4.32. The molecule has 1 aromatic rings. The molecule has 1 atom stereocenters. The molecule has 8 heteroatoms. The lowest BCUT2D eigenvalue weighted by Gasteiger charge is -2.18. The average Bonchev–Trinajstić information content (AvgIpc) is 2.82. The maximum absolute atomic E-state index is 12.4. The Morgan fingerprint density at radius 3 is 2.58 bits per heavy atom. The summed E-state index contributed by atoms with van der Waals surface area (Å²) in [5.41, 5.74) is 4.28. The highest BCUT2D eigenvalue weighted by atomic mass is 32.2. The first kappa shape index (κ1) is 14.0. The number of hydrogen-bond donors (Lipinski definition) is 2. The van der Waals surface area contributed by atoms with Crippen LogP contribution in [0, 0.1) is 0 Å². The lowest BCUT2D eigenvalue weighted by Crippen LogP contribution is -2.33.